The van der Waals surface area contributed by atoms with Crippen LogP contribution in [0.4, 0.5) is 0 Å². The van der Waals surface area contributed by atoms with Crippen molar-refractivity contribution in [1.29, 1.82) is 0 Å². The second-order valence-corrected chi connectivity index (χ2v) is 6.56. The Hall–Kier alpha value is -3.41. The van der Waals surface area contributed by atoms with Gasteiger partial charge in [0.15, 0.2) is 6.61 Å². The highest BCUT2D eigenvalue weighted by atomic mass is 16.5. The van der Waals surface area contributed by atoms with Crippen molar-refractivity contribution >= 4 is 12.1 Å². The highest BCUT2D eigenvalue weighted by Crippen LogP contribution is 2.21. The molecule has 1 heterocycles. The van der Waals surface area contributed by atoms with Crippen LogP contribution < -0.4 is 10.2 Å². The molecule has 6 heteroatoms. The van der Waals surface area contributed by atoms with Gasteiger partial charge >= 0.3 is 0 Å². The Kier molecular flexibility index (Phi) is 6.22. The molecule has 2 aromatic carbocycles. The lowest BCUT2D eigenvalue weighted by atomic mass is 10.0. The molecule has 3 rings (SSSR count). The highest BCUT2D eigenvalue weighted by Gasteiger charge is 2.08. The van der Waals surface area contributed by atoms with E-state index in [1.807, 2.05) is 63.4 Å². The Balaban J connectivity index is 1.57. The number of para-hydroxylation sites is 1. The topological polar surface area (TPSA) is 68.5 Å². The van der Waals surface area contributed by atoms with Crippen LogP contribution in [0.15, 0.2) is 59.7 Å². The zero-order chi connectivity index (χ0) is 19.9. The van der Waals surface area contributed by atoms with Gasteiger partial charge in [-0.2, -0.15) is 10.2 Å². The molecule has 0 saturated heterocycles. The van der Waals surface area contributed by atoms with Gasteiger partial charge in [-0.05, 0) is 31.0 Å². The first-order chi connectivity index (χ1) is 13.5. The van der Waals surface area contributed by atoms with Crippen LogP contribution >= 0.6 is 0 Å². The summed E-state index contributed by atoms with van der Waals surface area (Å²) in [4.78, 5) is 12.1. The molecule has 144 valence electrons. The third-order valence-corrected chi connectivity index (χ3v) is 4.52. The molecule has 0 saturated carbocycles. The first kappa shape index (κ1) is 19.4. The van der Waals surface area contributed by atoms with Crippen molar-refractivity contribution in [3.63, 3.8) is 0 Å². The molecule has 28 heavy (non-hydrogen) atoms. The fourth-order valence-corrected chi connectivity index (χ4v) is 2.93. The minimum absolute atomic E-state index is 0.103. The summed E-state index contributed by atoms with van der Waals surface area (Å²) in [6, 6.07) is 17.9. The molecule has 0 aliphatic carbocycles. The fourth-order valence-electron chi connectivity index (χ4n) is 2.93. The molecule has 0 fully saturated rings. The molecule has 0 bridgehead atoms. The van der Waals surface area contributed by atoms with E-state index in [2.05, 4.69) is 27.8 Å². The van der Waals surface area contributed by atoms with Crippen molar-refractivity contribution < 1.29 is 9.53 Å². The van der Waals surface area contributed by atoms with Crippen LogP contribution in [-0.2, 0) is 18.3 Å². The molecule has 0 atom stereocenters. The van der Waals surface area contributed by atoms with Gasteiger partial charge in [0.25, 0.3) is 5.91 Å². The number of aryl methyl sites for hydroxylation is 2. The van der Waals surface area contributed by atoms with Crippen molar-refractivity contribution in [1.82, 2.24) is 15.2 Å². The number of benzene rings is 2. The lowest BCUT2D eigenvalue weighted by molar-refractivity contribution is -0.123. The summed E-state index contributed by atoms with van der Waals surface area (Å²) < 4.78 is 7.51. The van der Waals surface area contributed by atoms with Gasteiger partial charge in [0, 0.05) is 24.7 Å². The Bertz CT molecular complexity index is 977. The van der Waals surface area contributed by atoms with Gasteiger partial charge in [0.1, 0.15) is 5.75 Å². The van der Waals surface area contributed by atoms with E-state index in [0.717, 1.165) is 28.9 Å². The Morgan fingerprint density at radius 2 is 1.86 bits per heavy atom. The van der Waals surface area contributed by atoms with Gasteiger partial charge in [-0.1, -0.05) is 48.5 Å². The standard InChI is InChI=1S/C22H24N4O2/c1-16-20(17(2)26(3)25-16)14-23-24-22(27)15-28-21-12-8-7-11-19(21)13-18-9-5-4-6-10-18/h4-12,14H,13,15H2,1-3H3,(H,24,27)/b23-14-. The van der Waals surface area contributed by atoms with Crippen LogP contribution in [0.3, 0.4) is 0 Å². The SMILES string of the molecule is Cc1nn(C)c(C)c1/C=N\NC(=O)COc1ccccc1Cc1ccccc1. The van der Waals surface area contributed by atoms with Gasteiger partial charge in [-0.15, -0.1) is 0 Å². The lowest BCUT2D eigenvalue weighted by Crippen LogP contribution is -2.25. The molecule has 1 amide bonds. The second-order valence-electron chi connectivity index (χ2n) is 6.56. The van der Waals surface area contributed by atoms with Crippen LogP contribution in [-0.4, -0.2) is 28.5 Å². The van der Waals surface area contributed by atoms with Crippen LogP contribution in [0.1, 0.15) is 28.1 Å². The first-order valence-corrected chi connectivity index (χ1v) is 9.11. The van der Waals surface area contributed by atoms with Crippen LogP contribution in [0.5, 0.6) is 5.75 Å². The Morgan fingerprint density at radius 3 is 2.57 bits per heavy atom. The molecule has 6 nitrogen and oxygen atoms in total. The number of amides is 1. The second kappa shape index (κ2) is 8.99. The number of nitrogens with zero attached hydrogens (tertiary/aromatic N) is 3. The number of ether oxygens (including phenoxy) is 1. The summed E-state index contributed by atoms with van der Waals surface area (Å²) >= 11 is 0. The minimum Gasteiger partial charge on any atom is -0.483 e. The molecule has 0 aliphatic heterocycles. The maximum Gasteiger partial charge on any atom is 0.277 e. The van der Waals surface area contributed by atoms with Gasteiger partial charge in [0.2, 0.25) is 0 Å². The third-order valence-electron chi connectivity index (χ3n) is 4.52. The molecule has 0 spiro atoms. The van der Waals surface area contributed by atoms with Gasteiger partial charge < -0.3 is 4.74 Å². The minimum atomic E-state index is -0.315. The molecule has 0 radical (unpaired) electrons. The number of rotatable bonds is 7. The molecule has 1 aromatic heterocycles. The van der Waals surface area contributed by atoms with Crippen LogP contribution in [0.25, 0.3) is 0 Å². The van der Waals surface area contributed by atoms with E-state index in [0.29, 0.717) is 5.75 Å². The molecule has 0 aliphatic rings. The van der Waals surface area contributed by atoms with Gasteiger partial charge in [-0.25, -0.2) is 5.43 Å². The molecule has 3 aromatic rings. The Labute approximate surface area is 164 Å². The van der Waals surface area contributed by atoms with Gasteiger partial charge in [0.05, 0.1) is 11.9 Å². The summed E-state index contributed by atoms with van der Waals surface area (Å²) in [6.45, 7) is 3.76. The van der Waals surface area contributed by atoms with Crippen LogP contribution in [0.2, 0.25) is 0 Å². The largest absolute Gasteiger partial charge is 0.483 e. The molecule has 0 unspecified atom stereocenters. The fraction of sp³-hybridized carbons (Fsp3) is 0.227. The molecule has 1 N–H and O–H groups in total. The van der Waals surface area contributed by atoms with Crippen molar-refractivity contribution in [3.05, 3.63) is 82.7 Å². The average molecular weight is 376 g/mol. The summed E-state index contributed by atoms with van der Waals surface area (Å²) in [5.74, 6) is 0.384. The maximum absolute atomic E-state index is 12.1. The number of carbonyl (C=O) groups is 1. The van der Waals surface area contributed by atoms with E-state index in [4.69, 9.17) is 4.74 Å². The summed E-state index contributed by atoms with van der Waals surface area (Å²) in [7, 11) is 1.87. The summed E-state index contributed by atoms with van der Waals surface area (Å²) in [5.41, 5.74) is 7.48. The number of hydrogen-bond donors (Lipinski definition) is 1. The predicted molar refractivity (Wildman–Crippen MR) is 110 cm³/mol. The van der Waals surface area contributed by atoms with Gasteiger partial charge in [-0.3, -0.25) is 9.48 Å². The zero-order valence-electron chi connectivity index (χ0n) is 16.3. The number of carbonyl (C=O) groups excluding carboxylic acids is 1. The maximum atomic E-state index is 12.1. The van der Waals surface area contributed by atoms with E-state index >= 15 is 0 Å². The van der Waals surface area contributed by atoms with Crippen LogP contribution in [0, 0.1) is 13.8 Å². The van der Waals surface area contributed by atoms with E-state index in [9.17, 15) is 4.79 Å². The normalized spacial score (nSPS) is 11.0. The van der Waals surface area contributed by atoms with Crippen molar-refractivity contribution in [2.75, 3.05) is 6.61 Å². The molecular weight excluding hydrogens is 352 g/mol. The van der Waals surface area contributed by atoms with E-state index in [1.165, 1.54) is 5.56 Å². The van der Waals surface area contributed by atoms with E-state index in [-0.39, 0.29) is 12.5 Å². The molecular formula is C22H24N4O2. The van der Waals surface area contributed by atoms with E-state index < -0.39 is 0 Å². The lowest BCUT2D eigenvalue weighted by Gasteiger charge is -2.11. The van der Waals surface area contributed by atoms with Crippen molar-refractivity contribution in [2.45, 2.75) is 20.3 Å². The highest BCUT2D eigenvalue weighted by molar-refractivity contribution is 5.84. The smallest absolute Gasteiger partial charge is 0.277 e. The zero-order valence-corrected chi connectivity index (χ0v) is 16.3. The monoisotopic (exact) mass is 376 g/mol. The third kappa shape index (κ3) is 4.85. The predicted octanol–water partition coefficient (Wildman–Crippen LogP) is 3.16. The number of nitrogens with one attached hydrogen (secondary N) is 1. The van der Waals surface area contributed by atoms with Crippen molar-refractivity contribution in [2.24, 2.45) is 12.1 Å². The van der Waals surface area contributed by atoms with E-state index in [1.54, 1.807) is 10.9 Å². The van der Waals surface area contributed by atoms with Crippen molar-refractivity contribution in [3.8, 4) is 5.75 Å². The average Bonchev–Trinajstić information content (AvgIpc) is 2.94. The quantitative estimate of drug-likeness (QED) is 0.509. The summed E-state index contributed by atoms with van der Waals surface area (Å²) in [6.07, 6.45) is 2.36. The number of hydrazone groups is 1. The number of aromatic nitrogens is 2. The first-order valence-electron chi connectivity index (χ1n) is 9.11. The Morgan fingerprint density at radius 1 is 1.14 bits per heavy atom. The summed E-state index contributed by atoms with van der Waals surface area (Å²) in [5, 5.41) is 8.34. The number of hydrogen-bond acceptors (Lipinski definition) is 4.